The molecule has 28 heavy (non-hydrogen) atoms. The summed E-state index contributed by atoms with van der Waals surface area (Å²) < 4.78 is 7.10. The fraction of sp³-hybridized carbons (Fsp3) is 0.550. The first-order chi connectivity index (χ1) is 13.5. The van der Waals surface area contributed by atoms with E-state index in [2.05, 4.69) is 15.2 Å². The van der Waals surface area contributed by atoms with Crippen LogP contribution in [0.1, 0.15) is 20.3 Å². The molecule has 0 spiro atoms. The number of carbonyl (C=O) groups is 1. The van der Waals surface area contributed by atoms with Crippen molar-refractivity contribution in [3.8, 4) is 0 Å². The van der Waals surface area contributed by atoms with Gasteiger partial charge >= 0.3 is 0 Å². The van der Waals surface area contributed by atoms with Crippen molar-refractivity contribution in [2.45, 2.75) is 38.0 Å². The molecule has 1 N–H and O–H groups in total. The third-order valence-corrected chi connectivity index (χ3v) is 5.54. The average molecular weight is 405 g/mol. The lowest BCUT2D eigenvalue weighted by Crippen LogP contribution is -2.37. The predicted molar refractivity (Wildman–Crippen MR) is 112 cm³/mol. The summed E-state index contributed by atoms with van der Waals surface area (Å²) in [6.07, 6.45) is 0.853. The van der Waals surface area contributed by atoms with Gasteiger partial charge in [0, 0.05) is 32.2 Å². The summed E-state index contributed by atoms with van der Waals surface area (Å²) in [5.41, 5.74) is 0.628. The summed E-state index contributed by atoms with van der Waals surface area (Å²) in [5, 5.41) is 4.09. The molecule has 7 nitrogen and oxygen atoms in total. The van der Waals surface area contributed by atoms with Gasteiger partial charge in [-0.05, 0) is 32.4 Å². The zero-order chi connectivity index (χ0) is 19.9. The summed E-state index contributed by atoms with van der Waals surface area (Å²) in [7, 11) is 0. The molecule has 1 aromatic heterocycles. The van der Waals surface area contributed by atoms with Crippen molar-refractivity contribution in [2.24, 2.45) is 0 Å². The monoisotopic (exact) mass is 404 g/mol. The Kier molecular flexibility index (Phi) is 7.47. The van der Waals surface area contributed by atoms with Crippen LogP contribution in [0.3, 0.4) is 0 Å². The van der Waals surface area contributed by atoms with Gasteiger partial charge in [-0.15, -0.1) is 0 Å². The van der Waals surface area contributed by atoms with Gasteiger partial charge in [0.05, 0.1) is 29.9 Å². The molecular weight excluding hydrogens is 376 g/mol. The van der Waals surface area contributed by atoms with Crippen molar-refractivity contribution in [3.05, 3.63) is 34.6 Å². The Balaban J connectivity index is 1.75. The minimum atomic E-state index is -0.0534. The fourth-order valence-electron chi connectivity index (χ4n) is 3.23. The number of para-hydroxylation sites is 1. The quantitative estimate of drug-likeness (QED) is 0.533. The molecule has 0 unspecified atom stereocenters. The van der Waals surface area contributed by atoms with E-state index in [4.69, 9.17) is 4.74 Å². The molecule has 1 aromatic carbocycles. The number of nitrogens with zero attached hydrogens (tertiary/aromatic N) is 3. The smallest absolute Gasteiger partial charge is 0.262 e. The largest absolute Gasteiger partial charge is 0.379 e. The average Bonchev–Trinajstić information content (AvgIpc) is 2.68. The molecule has 152 valence electrons. The van der Waals surface area contributed by atoms with Gasteiger partial charge in [0.15, 0.2) is 5.16 Å². The Labute approximate surface area is 169 Å². The zero-order valence-electron chi connectivity index (χ0n) is 16.5. The van der Waals surface area contributed by atoms with Gasteiger partial charge in [-0.25, -0.2) is 4.98 Å². The van der Waals surface area contributed by atoms with Gasteiger partial charge in [0.2, 0.25) is 5.91 Å². The van der Waals surface area contributed by atoms with E-state index in [1.54, 1.807) is 4.57 Å². The molecule has 0 atom stereocenters. The van der Waals surface area contributed by atoms with Crippen molar-refractivity contribution in [1.29, 1.82) is 0 Å². The molecule has 3 rings (SSSR count). The number of amides is 1. The highest BCUT2D eigenvalue weighted by atomic mass is 32.2. The molecule has 2 aromatic rings. The van der Waals surface area contributed by atoms with E-state index in [1.807, 2.05) is 38.1 Å². The van der Waals surface area contributed by atoms with Gasteiger partial charge < -0.3 is 10.1 Å². The number of hydrogen-bond acceptors (Lipinski definition) is 6. The molecule has 1 aliphatic heterocycles. The van der Waals surface area contributed by atoms with Crippen LogP contribution in [0.25, 0.3) is 10.9 Å². The first kappa shape index (κ1) is 20.8. The highest BCUT2D eigenvalue weighted by molar-refractivity contribution is 7.99. The molecule has 0 aliphatic carbocycles. The molecular formula is C20H28N4O3S. The first-order valence-electron chi connectivity index (χ1n) is 9.76. The molecule has 1 saturated heterocycles. The van der Waals surface area contributed by atoms with Crippen molar-refractivity contribution in [1.82, 2.24) is 19.8 Å². The number of ether oxygens (including phenoxy) is 1. The normalized spacial score (nSPS) is 15.2. The number of aromatic nitrogens is 2. The molecule has 1 amide bonds. The highest BCUT2D eigenvalue weighted by Gasteiger charge is 2.15. The second-order valence-electron chi connectivity index (χ2n) is 7.19. The molecule has 2 heterocycles. The van der Waals surface area contributed by atoms with Crippen molar-refractivity contribution < 1.29 is 9.53 Å². The first-order valence-corrected chi connectivity index (χ1v) is 10.7. The zero-order valence-corrected chi connectivity index (χ0v) is 17.3. The summed E-state index contributed by atoms with van der Waals surface area (Å²) in [6, 6.07) is 7.47. The molecule has 1 aliphatic rings. The second-order valence-corrected chi connectivity index (χ2v) is 8.13. The molecule has 0 saturated carbocycles. The van der Waals surface area contributed by atoms with Crippen LogP contribution in [-0.4, -0.2) is 65.0 Å². The number of fused-ring (bicyclic) bond motifs is 1. The second kappa shape index (κ2) is 10.0. The summed E-state index contributed by atoms with van der Waals surface area (Å²) in [5.74, 6) is 0.189. The Hall–Kier alpha value is -1.90. The molecule has 0 radical (unpaired) electrons. The third-order valence-electron chi connectivity index (χ3n) is 4.57. The summed E-state index contributed by atoms with van der Waals surface area (Å²) >= 11 is 1.32. The van der Waals surface area contributed by atoms with Crippen LogP contribution in [-0.2, 0) is 16.1 Å². The number of hydrogen-bond donors (Lipinski definition) is 1. The van der Waals surface area contributed by atoms with E-state index in [1.165, 1.54) is 11.8 Å². The van der Waals surface area contributed by atoms with Crippen LogP contribution >= 0.6 is 11.8 Å². The highest BCUT2D eigenvalue weighted by Crippen LogP contribution is 2.18. The molecule has 1 fully saturated rings. The lowest BCUT2D eigenvalue weighted by Gasteiger charge is -2.26. The van der Waals surface area contributed by atoms with E-state index < -0.39 is 0 Å². The lowest BCUT2D eigenvalue weighted by atomic mass is 10.2. The van der Waals surface area contributed by atoms with Gasteiger partial charge in [-0.1, -0.05) is 23.9 Å². The van der Waals surface area contributed by atoms with E-state index >= 15 is 0 Å². The van der Waals surface area contributed by atoms with Crippen LogP contribution in [0.4, 0.5) is 0 Å². The maximum Gasteiger partial charge on any atom is 0.262 e. The van der Waals surface area contributed by atoms with Gasteiger partial charge in [-0.3, -0.25) is 19.1 Å². The minimum Gasteiger partial charge on any atom is -0.379 e. The van der Waals surface area contributed by atoms with Crippen molar-refractivity contribution in [2.75, 3.05) is 38.6 Å². The Bertz CT molecular complexity index is 862. The number of morpholine rings is 1. The maximum absolute atomic E-state index is 13.0. The van der Waals surface area contributed by atoms with Crippen LogP contribution in [0.15, 0.2) is 34.2 Å². The van der Waals surface area contributed by atoms with E-state index in [0.717, 1.165) is 39.3 Å². The minimum absolute atomic E-state index is 0.0423. The maximum atomic E-state index is 13.0. The van der Waals surface area contributed by atoms with Crippen LogP contribution in [0.2, 0.25) is 0 Å². The number of rotatable bonds is 8. The number of nitrogens with one attached hydrogen (secondary N) is 1. The summed E-state index contributed by atoms with van der Waals surface area (Å²) in [4.78, 5) is 32.1. The van der Waals surface area contributed by atoms with E-state index in [-0.39, 0.29) is 23.3 Å². The van der Waals surface area contributed by atoms with Gasteiger partial charge in [0.1, 0.15) is 0 Å². The van der Waals surface area contributed by atoms with Crippen molar-refractivity contribution in [3.63, 3.8) is 0 Å². The van der Waals surface area contributed by atoms with Crippen LogP contribution in [0, 0.1) is 0 Å². The van der Waals surface area contributed by atoms with Gasteiger partial charge in [-0.2, -0.15) is 0 Å². The standard InChI is InChI=1S/C20H28N4O3S/c1-15(2)21-18(25)14-28-20-22-17-7-4-3-6-16(17)19(26)24(20)9-5-8-23-10-12-27-13-11-23/h3-4,6-7,15H,5,8-14H2,1-2H3,(H,21,25). The van der Waals surface area contributed by atoms with E-state index in [9.17, 15) is 9.59 Å². The number of benzene rings is 1. The third kappa shape index (κ3) is 5.56. The lowest BCUT2D eigenvalue weighted by molar-refractivity contribution is -0.119. The van der Waals surface area contributed by atoms with Crippen LogP contribution in [0.5, 0.6) is 0 Å². The summed E-state index contributed by atoms with van der Waals surface area (Å²) in [6.45, 7) is 8.76. The Morgan fingerprint density at radius 3 is 2.75 bits per heavy atom. The van der Waals surface area contributed by atoms with Gasteiger partial charge in [0.25, 0.3) is 5.56 Å². The number of carbonyl (C=O) groups excluding carboxylic acids is 1. The Morgan fingerprint density at radius 1 is 1.25 bits per heavy atom. The van der Waals surface area contributed by atoms with Crippen molar-refractivity contribution >= 4 is 28.6 Å². The fourth-order valence-corrected chi connectivity index (χ4v) is 4.06. The van der Waals surface area contributed by atoms with Crippen LogP contribution < -0.4 is 10.9 Å². The SMILES string of the molecule is CC(C)NC(=O)CSc1nc2ccccc2c(=O)n1CCCN1CCOCC1. The molecule has 8 heteroatoms. The Morgan fingerprint density at radius 2 is 2.00 bits per heavy atom. The molecule has 0 bridgehead atoms. The number of thioether (sulfide) groups is 1. The van der Waals surface area contributed by atoms with E-state index in [0.29, 0.717) is 22.6 Å². The topological polar surface area (TPSA) is 76.5 Å². The predicted octanol–water partition coefficient (Wildman–Crippen LogP) is 1.74.